The van der Waals surface area contributed by atoms with Crippen molar-refractivity contribution in [3.8, 4) is 0 Å². The molecule has 0 atom stereocenters. The van der Waals surface area contributed by atoms with Gasteiger partial charge in [-0.2, -0.15) is 5.10 Å². The van der Waals surface area contributed by atoms with Crippen molar-refractivity contribution in [1.29, 1.82) is 0 Å². The Kier molecular flexibility index (Phi) is 4.66. The first-order chi connectivity index (χ1) is 9.06. The molecule has 1 aliphatic carbocycles. The fraction of sp³-hybridized carbons (Fsp3) is 0.714. The molecular weight excluding hydrogens is 306 g/mol. The molecule has 0 bridgehead atoms. The van der Waals surface area contributed by atoms with Crippen LogP contribution in [-0.2, 0) is 7.05 Å². The van der Waals surface area contributed by atoms with Crippen LogP contribution in [0, 0.1) is 13.8 Å². The molecule has 0 saturated heterocycles. The van der Waals surface area contributed by atoms with Crippen LogP contribution < -0.4 is 0 Å². The van der Waals surface area contributed by atoms with Gasteiger partial charge in [-0.15, -0.1) is 0 Å². The van der Waals surface area contributed by atoms with E-state index in [-0.39, 0.29) is 5.91 Å². The predicted octanol–water partition coefficient (Wildman–Crippen LogP) is 2.82. The summed E-state index contributed by atoms with van der Waals surface area (Å²) in [5.41, 5.74) is 2.58. The topological polar surface area (TPSA) is 38.1 Å². The third-order valence-corrected chi connectivity index (χ3v) is 4.43. The minimum Gasteiger partial charge on any atom is -0.335 e. The first-order valence-corrected chi connectivity index (χ1v) is 8.05. The van der Waals surface area contributed by atoms with Crippen LogP contribution in [-0.4, -0.2) is 38.5 Å². The van der Waals surface area contributed by atoms with Crippen LogP contribution in [0.25, 0.3) is 0 Å². The van der Waals surface area contributed by atoms with Crippen molar-refractivity contribution in [2.75, 3.05) is 11.9 Å². The van der Waals surface area contributed by atoms with Gasteiger partial charge in [0.05, 0.1) is 11.3 Å². The Balaban J connectivity index is 2.28. The maximum Gasteiger partial charge on any atom is 0.257 e. The van der Waals surface area contributed by atoms with Gasteiger partial charge in [-0.1, -0.05) is 28.8 Å². The van der Waals surface area contributed by atoms with Crippen molar-refractivity contribution in [3.63, 3.8) is 0 Å². The molecule has 0 spiro atoms. The molecule has 106 valence electrons. The Labute approximate surface area is 123 Å². The van der Waals surface area contributed by atoms with Crippen LogP contribution in [0.3, 0.4) is 0 Å². The van der Waals surface area contributed by atoms with Crippen molar-refractivity contribution in [2.45, 2.75) is 45.6 Å². The van der Waals surface area contributed by atoms with Gasteiger partial charge in [0.1, 0.15) is 0 Å². The highest BCUT2D eigenvalue weighted by atomic mass is 79.9. The highest BCUT2D eigenvalue weighted by Crippen LogP contribution is 2.26. The van der Waals surface area contributed by atoms with Gasteiger partial charge < -0.3 is 4.90 Å². The number of rotatable bonds is 4. The zero-order valence-electron chi connectivity index (χ0n) is 11.9. The van der Waals surface area contributed by atoms with Gasteiger partial charge in [0.25, 0.3) is 5.91 Å². The Morgan fingerprint density at radius 2 is 2.05 bits per heavy atom. The highest BCUT2D eigenvalue weighted by molar-refractivity contribution is 9.09. The molecule has 0 aromatic carbocycles. The first-order valence-electron chi connectivity index (χ1n) is 6.93. The van der Waals surface area contributed by atoms with Gasteiger partial charge in [0.2, 0.25) is 0 Å². The van der Waals surface area contributed by atoms with Crippen LogP contribution >= 0.6 is 15.9 Å². The summed E-state index contributed by atoms with van der Waals surface area (Å²) in [6.45, 7) is 4.66. The second-order valence-corrected chi connectivity index (χ2v) is 6.09. The molecule has 1 saturated carbocycles. The summed E-state index contributed by atoms with van der Waals surface area (Å²) in [5.74, 6) is 0.148. The highest BCUT2D eigenvalue weighted by Gasteiger charge is 2.29. The number of amides is 1. The van der Waals surface area contributed by atoms with Crippen LogP contribution in [0.5, 0.6) is 0 Å². The number of halogens is 1. The van der Waals surface area contributed by atoms with E-state index < -0.39 is 0 Å². The number of alkyl halides is 1. The molecule has 2 rings (SSSR count). The minimum absolute atomic E-state index is 0.148. The van der Waals surface area contributed by atoms with Crippen molar-refractivity contribution >= 4 is 21.8 Å². The number of nitrogens with zero attached hydrogens (tertiary/aromatic N) is 3. The average Bonchev–Trinajstić information content (AvgIpc) is 2.96. The van der Waals surface area contributed by atoms with Crippen molar-refractivity contribution < 1.29 is 4.79 Å². The summed E-state index contributed by atoms with van der Waals surface area (Å²) in [5, 5.41) is 5.19. The molecule has 0 aliphatic heterocycles. The number of hydrogen-bond acceptors (Lipinski definition) is 2. The fourth-order valence-corrected chi connectivity index (χ4v) is 3.37. The molecule has 1 aromatic rings. The van der Waals surface area contributed by atoms with E-state index in [0.717, 1.165) is 41.7 Å². The number of aromatic nitrogens is 2. The number of aryl methyl sites for hydroxylation is 2. The van der Waals surface area contributed by atoms with Gasteiger partial charge >= 0.3 is 0 Å². The third-order valence-electron chi connectivity index (χ3n) is 4.07. The van der Waals surface area contributed by atoms with Crippen LogP contribution in [0.15, 0.2) is 0 Å². The Bertz CT molecular complexity index is 464. The minimum atomic E-state index is 0.148. The lowest BCUT2D eigenvalue weighted by Gasteiger charge is -2.28. The molecule has 0 radical (unpaired) electrons. The summed E-state index contributed by atoms with van der Waals surface area (Å²) in [7, 11) is 1.89. The Morgan fingerprint density at radius 1 is 1.42 bits per heavy atom. The van der Waals surface area contributed by atoms with E-state index in [1.54, 1.807) is 4.68 Å². The number of carbonyl (C=O) groups is 1. The van der Waals surface area contributed by atoms with Gasteiger partial charge in [0, 0.05) is 30.7 Å². The number of hydrogen-bond donors (Lipinski definition) is 0. The van der Waals surface area contributed by atoms with Gasteiger partial charge in [-0.25, -0.2) is 0 Å². The van der Waals surface area contributed by atoms with E-state index in [0.29, 0.717) is 6.04 Å². The first kappa shape index (κ1) is 14.6. The van der Waals surface area contributed by atoms with E-state index in [1.165, 1.54) is 12.8 Å². The lowest BCUT2D eigenvalue weighted by molar-refractivity contribution is 0.0694. The summed E-state index contributed by atoms with van der Waals surface area (Å²) in [4.78, 5) is 14.9. The quantitative estimate of drug-likeness (QED) is 0.797. The van der Waals surface area contributed by atoms with Crippen LogP contribution in [0.2, 0.25) is 0 Å². The third kappa shape index (κ3) is 2.86. The Hall–Kier alpha value is -0.840. The SMILES string of the molecule is Cc1nn(C)c(C)c1C(=O)N(CCBr)C1CCCC1. The molecule has 1 aromatic heterocycles. The maximum absolute atomic E-state index is 12.8. The second kappa shape index (κ2) is 6.07. The van der Waals surface area contributed by atoms with Gasteiger partial charge in [0.15, 0.2) is 0 Å². The average molecular weight is 328 g/mol. The lowest BCUT2D eigenvalue weighted by atomic mass is 10.1. The molecule has 0 N–H and O–H groups in total. The lowest BCUT2D eigenvalue weighted by Crippen LogP contribution is -2.40. The summed E-state index contributed by atoms with van der Waals surface area (Å²) in [6, 6.07) is 0.407. The van der Waals surface area contributed by atoms with Gasteiger partial charge in [-0.3, -0.25) is 9.48 Å². The normalized spacial score (nSPS) is 16.0. The zero-order valence-corrected chi connectivity index (χ0v) is 13.5. The van der Waals surface area contributed by atoms with E-state index >= 15 is 0 Å². The maximum atomic E-state index is 12.8. The van der Waals surface area contributed by atoms with Crippen molar-refractivity contribution in [3.05, 3.63) is 17.0 Å². The van der Waals surface area contributed by atoms with Crippen molar-refractivity contribution in [2.24, 2.45) is 7.05 Å². The summed E-state index contributed by atoms with van der Waals surface area (Å²) < 4.78 is 1.80. The predicted molar refractivity (Wildman–Crippen MR) is 79.8 cm³/mol. The summed E-state index contributed by atoms with van der Waals surface area (Å²) >= 11 is 3.47. The molecule has 0 unspecified atom stereocenters. The molecule has 19 heavy (non-hydrogen) atoms. The van der Waals surface area contributed by atoms with E-state index in [1.807, 2.05) is 25.8 Å². The summed E-state index contributed by atoms with van der Waals surface area (Å²) in [6.07, 6.45) is 4.75. The fourth-order valence-electron chi connectivity index (χ4n) is 2.98. The molecule has 1 amide bonds. The zero-order chi connectivity index (χ0) is 14.0. The van der Waals surface area contributed by atoms with Gasteiger partial charge in [-0.05, 0) is 26.7 Å². The Morgan fingerprint density at radius 3 is 2.53 bits per heavy atom. The van der Waals surface area contributed by atoms with Crippen LogP contribution in [0.4, 0.5) is 0 Å². The molecule has 5 heteroatoms. The number of carbonyl (C=O) groups excluding carboxylic acids is 1. The molecule has 1 heterocycles. The molecule has 1 aliphatic rings. The molecule has 1 fully saturated rings. The standard InChI is InChI=1S/C14H22BrN3O/c1-10-13(11(2)17(3)16-10)14(19)18(9-8-15)12-6-4-5-7-12/h12H,4-9H2,1-3H3. The largest absolute Gasteiger partial charge is 0.335 e. The van der Waals surface area contributed by atoms with Crippen molar-refractivity contribution in [1.82, 2.24) is 14.7 Å². The van der Waals surface area contributed by atoms with E-state index in [4.69, 9.17) is 0 Å². The van der Waals surface area contributed by atoms with E-state index in [9.17, 15) is 4.79 Å². The second-order valence-electron chi connectivity index (χ2n) is 5.30. The van der Waals surface area contributed by atoms with Crippen LogP contribution in [0.1, 0.15) is 47.4 Å². The molecular formula is C14H22BrN3O. The smallest absolute Gasteiger partial charge is 0.257 e. The van der Waals surface area contributed by atoms with E-state index in [2.05, 4.69) is 21.0 Å². The monoisotopic (exact) mass is 327 g/mol. The molecule has 4 nitrogen and oxygen atoms in total.